The Morgan fingerprint density at radius 3 is 2.72 bits per heavy atom. The largest absolute Gasteiger partial charge is 0.396 e. The predicted molar refractivity (Wildman–Crippen MR) is 71.0 cm³/mol. The van der Waals surface area contributed by atoms with Gasteiger partial charge >= 0.3 is 0 Å². The maximum Gasteiger partial charge on any atom is 0.224 e. The molecule has 0 radical (unpaired) electrons. The van der Waals surface area contributed by atoms with Crippen molar-refractivity contribution in [1.29, 1.82) is 0 Å². The zero-order valence-corrected chi connectivity index (χ0v) is 11.2. The van der Waals surface area contributed by atoms with Gasteiger partial charge in [0.1, 0.15) is 0 Å². The average Bonchev–Trinajstić information content (AvgIpc) is 2.76. The molecule has 0 aromatic carbocycles. The molecule has 1 saturated carbocycles. The molecule has 3 N–H and O–H groups in total. The molecule has 0 aromatic rings. The molecule has 1 aliphatic carbocycles. The maximum atomic E-state index is 12.3. The minimum absolute atomic E-state index is 0.224. The molecule has 1 aliphatic heterocycles. The SMILES string of the molecule is NC1(CC(=O)N2CCCC(CCO)C2)CCCC1. The first-order valence-electron chi connectivity index (χ1n) is 7.30. The molecular weight excluding hydrogens is 228 g/mol. The van der Waals surface area contributed by atoms with Gasteiger partial charge in [0.2, 0.25) is 5.91 Å². The summed E-state index contributed by atoms with van der Waals surface area (Å²) in [6.07, 6.45) is 7.84. The number of piperidine rings is 1. The molecule has 1 atom stereocenters. The highest BCUT2D eigenvalue weighted by atomic mass is 16.3. The first-order chi connectivity index (χ1) is 8.63. The average molecular weight is 254 g/mol. The van der Waals surface area contributed by atoms with Crippen molar-refractivity contribution in [3.63, 3.8) is 0 Å². The molecule has 18 heavy (non-hydrogen) atoms. The Balaban J connectivity index is 1.84. The summed E-state index contributed by atoms with van der Waals surface area (Å²) in [5, 5.41) is 8.99. The van der Waals surface area contributed by atoms with E-state index in [4.69, 9.17) is 10.8 Å². The van der Waals surface area contributed by atoms with Crippen LogP contribution >= 0.6 is 0 Å². The van der Waals surface area contributed by atoms with Gasteiger partial charge in [-0.15, -0.1) is 0 Å². The van der Waals surface area contributed by atoms with Crippen LogP contribution in [-0.2, 0) is 4.79 Å². The van der Waals surface area contributed by atoms with E-state index < -0.39 is 0 Å². The van der Waals surface area contributed by atoms with Crippen LogP contribution in [0.1, 0.15) is 51.4 Å². The minimum Gasteiger partial charge on any atom is -0.396 e. The first kappa shape index (κ1) is 13.8. The van der Waals surface area contributed by atoms with Crippen LogP contribution in [0.15, 0.2) is 0 Å². The number of rotatable bonds is 4. The second-order valence-corrected chi connectivity index (χ2v) is 6.11. The summed E-state index contributed by atoms with van der Waals surface area (Å²) < 4.78 is 0. The van der Waals surface area contributed by atoms with E-state index in [1.165, 1.54) is 0 Å². The molecule has 0 bridgehead atoms. The lowest BCUT2D eigenvalue weighted by Gasteiger charge is -2.35. The van der Waals surface area contributed by atoms with Gasteiger partial charge < -0.3 is 15.7 Å². The van der Waals surface area contributed by atoms with Crippen molar-refractivity contribution in [2.24, 2.45) is 11.7 Å². The van der Waals surface area contributed by atoms with Crippen molar-refractivity contribution in [3.8, 4) is 0 Å². The van der Waals surface area contributed by atoms with E-state index in [-0.39, 0.29) is 18.1 Å². The Morgan fingerprint density at radius 2 is 2.06 bits per heavy atom. The van der Waals surface area contributed by atoms with Crippen molar-refractivity contribution >= 4 is 5.91 Å². The molecule has 2 aliphatic rings. The van der Waals surface area contributed by atoms with Gasteiger partial charge in [-0.05, 0) is 38.0 Å². The van der Waals surface area contributed by atoms with E-state index in [2.05, 4.69) is 0 Å². The molecule has 2 rings (SSSR count). The topological polar surface area (TPSA) is 66.6 Å². The number of amides is 1. The van der Waals surface area contributed by atoms with Gasteiger partial charge in [-0.3, -0.25) is 4.79 Å². The highest BCUT2D eigenvalue weighted by Crippen LogP contribution is 2.31. The van der Waals surface area contributed by atoms with Gasteiger partial charge in [0.25, 0.3) is 0 Å². The molecule has 4 nitrogen and oxygen atoms in total. The normalized spacial score (nSPS) is 27.4. The Kier molecular flexibility index (Phi) is 4.62. The van der Waals surface area contributed by atoms with Crippen LogP contribution in [0.3, 0.4) is 0 Å². The molecule has 104 valence electrons. The Bertz CT molecular complexity index is 286. The number of carbonyl (C=O) groups is 1. The third-order valence-electron chi connectivity index (χ3n) is 4.51. The van der Waals surface area contributed by atoms with Gasteiger partial charge in [-0.2, -0.15) is 0 Å². The van der Waals surface area contributed by atoms with E-state index in [1.54, 1.807) is 0 Å². The fourth-order valence-electron chi connectivity index (χ4n) is 3.38. The van der Waals surface area contributed by atoms with Crippen LogP contribution in [0.5, 0.6) is 0 Å². The summed E-state index contributed by atoms with van der Waals surface area (Å²) >= 11 is 0. The fourth-order valence-corrected chi connectivity index (χ4v) is 3.38. The Morgan fingerprint density at radius 1 is 1.33 bits per heavy atom. The van der Waals surface area contributed by atoms with Crippen LogP contribution in [-0.4, -0.2) is 41.1 Å². The van der Waals surface area contributed by atoms with Crippen LogP contribution < -0.4 is 5.73 Å². The number of likely N-dealkylation sites (tertiary alicyclic amines) is 1. The second-order valence-electron chi connectivity index (χ2n) is 6.11. The van der Waals surface area contributed by atoms with E-state index in [0.717, 1.165) is 58.0 Å². The third kappa shape index (κ3) is 3.45. The Labute approximate surface area is 110 Å². The van der Waals surface area contributed by atoms with Crippen LogP contribution in [0.25, 0.3) is 0 Å². The summed E-state index contributed by atoms with van der Waals surface area (Å²) in [6.45, 7) is 1.92. The molecule has 4 heteroatoms. The van der Waals surface area contributed by atoms with Gasteiger partial charge in [0.15, 0.2) is 0 Å². The molecule has 0 aromatic heterocycles. The molecular formula is C14H26N2O2. The monoisotopic (exact) mass is 254 g/mol. The zero-order chi connectivity index (χ0) is 13.0. The van der Waals surface area contributed by atoms with Gasteiger partial charge in [0, 0.05) is 31.7 Å². The van der Waals surface area contributed by atoms with Crippen molar-refractivity contribution in [3.05, 3.63) is 0 Å². The van der Waals surface area contributed by atoms with Crippen molar-refractivity contribution in [1.82, 2.24) is 4.90 Å². The Hall–Kier alpha value is -0.610. The van der Waals surface area contributed by atoms with Crippen LogP contribution in [0, 0.1) is 5.92 Å². The van der Waals surface area contributed by atoms with Gasteiger partial charge in [-0.1, -0.05) is 12.8 Å². The number of hydrogen-bond donors (Lipinski definition) is 2. The highest BCUT2D eigenvalue weighted by molar-refractivity contribution is 5.77. The number of hydrogen-bond acceptors (Lipinski definition) is 3. The number of aliphatic hydroxyl groups excluding tert-OH is 1. The predicted octanol–water partition coefficient (Wildman–Crippen LogP) is 1.27. The molecule has 2 fully saturated rings. The van der Waals surface area contributed by atoms with E-state index in [9.17, 15) is 4.79 Å². The maximum absolute atomic E-state index is 12.3. The molecule has 0 spiro atoms. The van der Waals surface area contributed by atoms with Gasteiger partial charge in [-0.25, -0.2) is 0 Å². The lowest BCUT2D eigenvalue weighted by Crippen LogP contribution is -2.46. The molecule has 1 heterocycles. The highest BCUT2D eigenvalue weighted by Gasteiger charge is 2.34. The summed E-state index contributed by atoms with van der Waals surface area (Å²) in [7, 11) is 0. The number of carbonyl (C=O) groups excluding carboxylic acids is 1. The van der Waals surface area contributed by atoms with Crippen LogP contribution in [0.2, 0.25) is 0 Å². The van der Waals surface area contributed by atoms with Crippen LogP contribution in [0.4, 0.5) is 0 Å². The van der Waals surface area contributed by atoms with E-state index in [1.807, 2.05) is 4.90 Å². The summed E-state index contributed by atoms with van der Waals surface area (Å²) in [5.41, 5.74) is 6.04. The summed E-state index contributed by atoms with van der Waals surface area (Å²) in [6, 6.07) is 0. The number of nitrogens with zero attached hydrogens (tertiary/aromatic N) is 1. The quantitative estimate of drug-likeness (QED) is 0.794. The van der Waals surface area contributed by atoms with Crippen molar-refractivity contribution in [2.75, 3.05) is 19.7 Å². The molecule has 1 saturated heterocycles. The lowest BCUT2D eigenvalue weighted by atomic mass is 9.91. The smallest absolute Gasteiger partial charge is 0.224 e. The number of aliphatic hydroxyl groups is 1. The van der Waals surface area contributed by atoms with Crippen molar-refractivity contribution < 1.29 is 9.90 Å². The lowest BCUT2D eigenvalue weighted by molar-refractivity contribution is -0.134. The fraction of sp³-hybridized carbons (Fsp3) is 0.929. The summed E-state index contributed by atoms with van der Waals surface area (Å²) in [4.78, 5) is 14.3. The number of nitrogens with two attached hydrogens (primary N) is 1. The second kappa shape index (κ2) is 6.02. The summed E-state index contributed by atoms with van der Waals surface area (Å²) in [5.74, 6) is 0.701. The minimum atomic E-state index is -0.235. The molecule has 1 amide bonds. The van der Waals surface area contributed by atoms with E-state index >= 15 is 0 Å². The first-order valence-corrected chi connectivity index (χ1v) is 7.30. The molecule has 1 unspecified atom stereocenters. The standard InChI is InChI=1S/C14H26N2O2/c15-14(6-1-2-7-14)10-13(18)16-8-3-4-12(11-16)5-9-17/h12,17H,1-11,15H2. The van der Waals surface area contributed by atoms with Crippen molar-refractivity contribution in [2.45, 2.75) is 56.9 Å². The van der Waals surface area contributed by atoms with Gasteiger partial charge in [0.05, 0.1) is 0 Å². The van der Waals surface area contributed by atoms with E-state index in [0.29, 0.717) is 12.3 Å². The zero-order valence-electron chi connectivity index (χ0n) is 11.2. The third-order valence-corrected chi connectivity index (χ3v) is 4.51.